The number of fused-ring (bicyclic) bond motifs is 8. The number of nitrogens with zero attached hydrogens (tertiary/aromatic N) is 4. The molecule has 0 aliphatic carbocycles. The van der Waals surface area contributed by atoms with Gasteiger partial charge in [0.05, 0.1) is 112 Å². The average Bonchev–Trinajstić information content (AvgIpc) is 0.752. The summed E-state index contributed by atoms with van der Waals surface area (Å²) in [6.45, 7) is 16.7. The lowest BCUT2D eigenvalue weighted by molar-refractivity contribution is -0.138. The lowest BCUT2D eigenvalue weighted by Crippen LogP contribution is -2.31. The number of carboxylic acid groups (broad SMARTS) is 2. The van der Waals surface area contributed by atoms with E-state index in [0.29, 0.717) is 96.8 Å². The Morgan fingerprint density at radius 1 is 0.479 bits per heavy atom. The normalized spacial score (nSPS) is 12.1. The zero-order valence-electron chi connectivity index (χ0n) is 66.4. The molecule has 13 rings (SSSR count). The number of ether oxygens (including phenoxy) is 2. The Balaban J connectivity index is 0.000000167. The van der Waals surface area contributed by atoms with Crippen molar-refractivity contribution in [2.24, 2.45) is 0 Å². The number of hydrogen-bond donors (Lipinski definition) is 3. The number of methoxy groups -OCH3 is 2. The highest BCUT2D eigenvalue weighted by atomic mass is 35.5. The minimum absolute atomic E-state index is 0.0428. The van der Waals surface area contributed by atoms with Gasteiger partial charge >= 0.3 is 17.4 Å². The number of carboxylic acids is 2. The fourth-order valence-corrected chi connectivity index (χ4v) is 17.8. The van der Waals surface area contributed by atoms with Gasteiger partial charge in [-0.3, -0.25) is 38.4 Å². The highest BCUT2D eigenvalue weighted by molar-refractivity contribution is 7.99. The molecule has 21 nitrogen and oxygen atoms in total. The topological polar surface area (TPSA) is 296 Å². The molecule has 0 bridgehead atoms. The largest absolute Gasteiger partial charge is 0.497 e. The van der Waals surface area contributed by atoms with E-state index in [1.807, 2.05) is 72.1 Å². The summed E-state index contributed by atoms with van der Waals surface area (Å²) in [6, 6.07) is 39.8. The summed E-state index contributed by atoms with van der Waals surface area (Å²) in [7, 11) is -6.43. The number of ketones is 2. The number of hydrogen-bond acceptors (Lipinski definition) is 17. The summed E-state index contributed by atoms with van der Waals surface area (Å²) < 4.78 is 115. The van der Waals surface area contributed by atoms with Gasteiger partial charge in [-0.1, -0.05) is 127 Å². The minimum Gasteiger partial charge on any atom is -0.493 e. The van der Waals surface area contributed by atoms with Crippen molar-refractivity contribution in [2.75, 3.05) is 49.3 Å². The molecule has 9 aromatic carbocycles. The van der Waals surface area contributed by atoms with Crippen molar-refractivity contribution in [3.05, 3.63) is 229 Å². The number of anilines is 2. The third-order valence-electron chi connectivity index (χ3n) is 19.4. The lowest BCUT2D eigenvalue weighted by Gasteiger charge is -2.22. The van der Waals surface area contributed by atoms with Crippen LogP contribution in [0.1, 0.15) is 84.9 Å². The zero-order valence-corrected chi connectivity index (χ0v) is 72.7. The van der Waals surface area contributed by atoms with Gasteiger partial charge in [-0.15, -0.1) is 23.5 Å². The van der Waals surface area contributed by atoms with Crippen molar-refractivity contribution < 1.29 is 73.3 Å². The van der Waals surface area contributed by atoms with E-state index in [1.165, 1.54) is 66.6 Å². The molecule has 626 valence electrons. The second-order valence-electron chi connectivity index (χ2n) is 30.2. The predicted octanol–water partition coefficient (Wildman–Crippen LogP) is 19.0. The van der Waals surface area contributed by atoms with Crippen LogP contribution >= 0.6 is 69.9 Å². The highest BCUT2D eigenvalue weighted by Crippen LogP contribution is 2.41. The Bertz CT molecular complexity index is 6820. The van der Waals surface area contributed by atoms with E-state index in [9.17, 15) is 83.0 Å². The second kappa shape index (κ2) is 36.1. The van der Waals surface area contributed by atoms with Crippen molar-refractivity contribution in [1.82, 2.24) is 18.3 Å². The summed E-state index contributed by atoms with van der Waals surface area (Å²) in [5, 5.41) is 26.6. The number of rotatable bonds is 20. The molecule has 0 radical (unpaired) electrons. The van der Waals surface area contributed by atoms with Crippen LogP contribution in [-0.2, 0) is 75.9 Å². The van der Waals surface area contributed by atoms with E-state index in [-0.39, 0.29) is 102 Å². The minimum atomic E-state index is -5.66. The first-order chi connectivity index (χ1) is 55.6. The number of carbonyl (C=O) groups excluding carboxylic acids is 2. The first kappa shape index (κ1) is 91.3. The zero-order chi connectivity index (χ0) is 87.8. The van der Waals surface area contributed by atoms with Crippen LogP contribution < -0.4 is 36.5 Å². The molecular weight excluding hydrogens is 1710 g/mol. The number of carbonyl (C=O) groups is 4. The Morgan fingerprint density at radius 2 is 0.832 bits per heavy atom. The first-order valence-electron chi connectivity index (χ1n) is 36.5. The Hall–Kier alpha value is -9.98. The van der Waals surface area contributed by atoms with Gasteiger partial charge in [0.2, 0.25) is 0 Å². The number of Topliss-reactive ketones (excluding diaryl/α,β-unsaturated/α-hetero) is 2. The predicted molar refractivity (Wildman–Crippen MR) is 470 cm³/mol. The maximum atomic E-state index is 13.2. The van der Waals surface area contributed by atoms with Gasteiger partial charge in [0, 0.05) is 49.9 Å². The summed E-state index contributed by atoms with van der Waals surface area (Å²) in [6.07, 6.45) is 2.84. The molecule has 0 unspecified atom stereocenters. The average molecular weight is 1790 g/mol. The van der Waals surface area contributed by atoms with E-state index < -0.39 is 66.7 Å². The smallest absolute Gasteiger partial charge is 0.493 e. The molecular formula is C86H81Cl4F4N5O16S4. The number of aliphatic carboxylic acids is 2. The molecule has 0 aliphatic heterocycles. The third-order valence-corrected chi connectivity index (χ3v) is 24.9. The molecule has 3 N–H and O–H groups in total. The van der Waals surface area contributed by atoms with E-state index in [1.54, 1.807) is 111 Å². The van der Waals surface area contributed by atoms with Gasteiger partial charge in [-0.25, -0.2) is 21.2 Å². The molecule has 119 heavy (non-hydrogen) atoms. The fourth-order valence-electron chi connectivity index (χ4n) is 13.7. The summed E-state index contributed by atoms with van der Waals surface area (Å²) in [5.74, 6) is -5.24. The Kier molecular flexibility index (Phi) is 27.7. The molecule has 33 heteroatoms. The molecule has 0 saturated carbocycles. The Labute approximate surface area is 708 Å². The van der Waals surface area contributed by atoms with Crippen molar-refractivity contribution in [2.45, 2.75) is 121 Å². The number of halogens is 8. The van der Waals surface area contributed by atoms with Gasteiger partial charge in [0.15, 0.2) is 54.6 Å². The van der Waals surface area contributed by atoms with Gasteiger partial charge in [-0.05, 0) is 173 Å². The van der Waals surface area contributed by atoms with Crippen LogP contribution in [0.4, 0.5) is 28.9 Å². The molecule has 0 atom stereocenters. The summed E-state index contributed by atoms with van der Waals surface area (Å²) >= 11 is 28.1. The number of thioether (sulfide) groups is 2. The summed E-state index contributed by atoms with van der Waals surface area (Å²) in [4.78, 5) is 102. The number of sulfone groups is 2. The van der Waals surface area contributed by atoms with Crippen LogP contribution in [-0.4, -0.2) is 118 Å². The van der Waals surface area contributed by atoms with Crippen LogP contribution in [0.5, 0.6) is 11.5 Å². The van der Waals surface area contributed by atoms with E-state index in [2.05, 4.69) is 26.1 Å². The number of alkyl halides is 3. The molecule has 0 amide bonds. The van der Waals surface area contributed by atoms with Crippen molar-refractivity contribution in [1.29, 1.82) is 0 Å². The number of benzene rings is 9. The van der Waals surface area contributed by atoms with Crippen LogP contribution in [0, 0.1) is 5.82 Å². The lowest BCUT2D eigenvalue weighted by atomic mass is 9.86. The van der Waals surface area contributed by atoms with Gasteiger partial charge in [0.25, 0.3) is 9.84 Å². The molecule has 0 aliphatic rings. The SMILES string of the molecule is CCSc1c(Cl)ccc2c(=O)c3ccc(C(C)(C)C)cc3n(CC(=O)O)c12.COc1c(Cl)ccc2c(=O)c3ccc(C(C)(C)C)cc3n(CC(=O)CS(C)(=O)=O)c12.COc1c(Cl)ccc2c(=O)c3ccc(C(C)C)cc3n(CC(=O)CS(=O)(=O)C(F)(F)F)c12.CSc1c(Cl)ccc2c(=O)c3ccc(Nc4ccc(F)cc4)cc3n(CC(=O)O)c12. The molecule has 4 heterocycles. The highest BCUT2D eigenvalue weighted by Gasteiger charge is 2.46. The molecule has 13 aromatic rings. The summed E-state index contributed by atoms with van der Waals surface area (Å²) in [5.41, 5.74) is 0.811. The van der Waals surface area contributed by atoms with E-state index in [0.717, 1.165) is 33.6 Å². The van der Waals surface area contributed by atoms with Gasteiger partial charge in [0.1, 0.15) is 30.4 Å². The third kappa shape index (κ3) is 19.7. The second-order valence-corrected chi connectivity index (χ2v) is 38.0. The van der Waals surface area contributed by atoms with E-state index in [4.69, 9.17) is 55.9 Å². The van der Waals surface area contributed by atoms with Crippen molar-refractivity contribution >= 4 is 212 Å². The van der Waals surface area contributed by atoms with E-state index >= 15 is 0 Å². The number of pyridine rings is 4. The molecule has 4 aromatic heterocycles. The molecule has 0 spiro atoms. The molecule has 0 saturated heterocycles. The Morgan fingerprint density at radius 3 is 1.22 bits per heavy atom. The van der Waals surface area contributed by atoms with Crippen LogP contribution in [0.2, 0.25) is 20.1 Å². The van der Waals surface area contributed by atoms with Crippen molar-refractivity contribution in [3.8, 4) is 11.5 Å². The van der Waals surface area contributed by atoms with Crippen molar-refractivity contribution in [3.63, 3.8) is 0 Å². The van der Waals surface area contributed by atoms with Crippen LogP contribution in [0.25, 0.3) is 87.2 Å². The van der Waals surface area contributed by atoms with Crippen LogP contribution in [0.3, 0.4) is 0 Å². The fraction of sp³-hybridized carbons (Fsp3) is 0.279. The maximum absolute atomic E-state index is 13.2. The standard InChI is InChI=1S/C22H16ClFN2O3S.C22H24ClNO5S.C21H19ClF3NO5S.C21H22ClNO3S/c1-30-22-17(23)9-8-16-20(22)26(11-19(27)28)18-10-14(6-7-15(18)21(16)29)25-13-4-2-12(24)3-5-13;1-22(2,3)13-6-7-15-18(10-13)24(11-14(25)12-30(5,27)28)19-16(20(15)26)8-9-17(23)21(19)29-4;1-11(2)12-4-5-14-17(8-12)26(9-13(27)10-32(29,30)21(23,24)25)18-15(19(14)28)6-7-16(22)20(18)31-3;1-5-27-20-15(22)9-8-14-18(20)23(11-17(24)25)16-10-12(21(2,3)4)6-7-13(16)19(14)26/h2-10,25H,11H2,1H3,(H,27,28);6-10H,11-12H2,1-5H3;4-8,11H,9-10H2,1-3H3;6-10H,5,11H2,1-4H3,(H,24,25). The quantitative estimate of drug-likeness (QED) is 0.0363. The maximum Gasteiger partial charge on any atom is 0.497 e. The number of aromatic nitrogens is 4. The molecule has 0 fully saturated rings. The van der Waals surface area contributed by atoms with Gasteiger partial charge < -0.3 is 43.3 Å². The number of nitrogens with one attached hydrogen (secondary N) is 1. The first-order valence-corrected chi connectivity index (χ1v) is 44.0. The van der Waals surface area contributed by atoms with Gasteiger partial charge in [-0.2, -0.15) is 13.2 Å². The monoisotopic (exact) mass is 1780 g/mol. The van der Waals surface area contributed by atoms with Crippen LogP contribution in [0.15, 0.2) is 175 Å².